The molecular weight excluding hydrogens is 506 g/mol. The van der Waals surface area contributed by atoms with E-state index in [1.165, 1.54) is 16.7 Å². The van der Waals surface area contributed by atoms with Crippen molar-refractivity contribution >= 4 is 28.7 Å². The smallest absolute Gasteiger partial charge is 0.174 e. The van der Waals surface area contributed by atoms with Gasteiger partial charge in [0.25, 0.3) is 0 Å². The van der Waals surface area contributed by atoms with E-state index in [2.05, 4.69) is 64.7 Å². The number of fused-ring (bicyclic) bond motifs is 1. The number of amidine groups is 1. The first kappa shape index (κ1) is 25.3. The second-order valence-corrected chi connectivity index (χ2v) is 10.6. The lowest BCUT2D eigenvalue weighted by Gasteiger charge is -2.42. The Balaban J connectivity index is 1.47. The largest absolute Gasteiger partial charge is 0.497 e. The van der Waals surface area contributed by atoms with Gasteiger partial charge in [-0.3, -0.25) is 4.90 Å². The average Bonchev–Trinajstić information content (AvgIpc) is 3.40. The van der Waals surface area contributed by atoms with E-state index >= 15 is 0 Å². The quantitative estimate of drug-likeness (QED) is 0.360. The molecular formula is C32H31N3O3S. The van der Waals surface area contributed by atoms with Gasteiger partial charge in [-0.1, -0.05) is 36.0 Å². The highest BCUT2D eigenvalue weighted by atomic mass is 32.2. The molecule has 0 aliphatic carbocycles. The van der Waals surface area contributed by atoms with E-state index in [0.29, 0.717) is 0 Å². The first-order valence-corrected chi connectivity index (χ1v) is 13.8. The number of benzene rings is 3. The van der Waals surface area contributed by atoms with Crippen LogP contribution in [-0.2, 0) is 0 Å². The minimum atomic E-state index is 0.00350. The molecule has 1 atom stereocenters. The summed E-state index contributed by atoms with van der Waals surface area (Å²) in [5.74, 6) is 2.54. The number of hydrogen-bond donors (Lipinski definition) is 0. The fourth-order valence-corrected chi connectivity index (χ4v) is 6.31. The van der Waals surface area contributed by atoms with E-state index in [1.807, 2.05) is 36.4 Å². The molecule has 3 aromatic rings. The van der Waals surface area contributed by atoms with Gasteiger partial charge < -0.3 is 19.1 Å². The number of thioether (sulfide) groups is 1. The van der Waals surface area contributed by atoms with Crippen LogP contribution in [0.3, 0.4) is 0 Å². The number of likely N-dealkylation sites (N-methyl/N-ethyl adjacent to an activating group) is 1. The van der Waals surface area contributed by atoms with Crippen LogP contribution in [0.5, 0.6) is 17.2 Å². The number of rotatable bonds is 6. The van der Waals surface area contributed by atoms with Crippen molar-refractivity contribution in [3.05, 3.63) is 112 Å². The second-order valence-electron chi connectivity index (χ2n) is 9.78. The summed E-state index contributed by atoms with van der Waals surface area (Å²) in [4.78, 5) is 10.0. The molecule has 6 rings (SSSR count). The Hall–Kier alpha value is -3.94. The summed E-state index contributed by atoms with van der Waals surface area (Å²) >= 11 is 1.68. The van der Waals surface area contributed by atoms with Crippen molar-refractivity contribution in [2.24, 2.45) is 4.99 Å². The maximum Gasteiger partial charge on any atom is 0.174 e. The van der Waals surface area contributed by atoms with Crippen LogP contribution >= 0.6 is 11.8 Å². The first-order valence-electron chi connectivity index (χ1n) is 12.9. The molecule has 0 radical (unpaired) electrons. The lowest BCUT2D eigenvalue weighted by Crippen LogP contribution is -2.40. The summed E-state index contributed by atoms with van der Waals surface area (Å²) in [6, 6.07) is 24.9. The van der Waals surface area contributed by atoms with Gasteiger partial charge in [-0.15, -0.1) is 0 Å². The van der Waals surface area contributed by atoms with Gasteiger partial charge in [-0.25, -0.2) is 4.99 Å². The summed E-state index contributed by atoms with van der Waals surface area (Å²) in [6.45, 7) is 1.67. The Labute approximate surface area is 233 Å². The van der Waals surface area contributed by atoms with Crippen molar-refractivity contribution < 1.29 is 14.2 Å². The van der Waals surface area contributed by atoms with Crippen LogP contribution in [0.15, 0.2) is 100 Å². The Morgan fingerprint density at radius 1 is 0.795 bits per heavy atom. The highest BCUT2D eigenvalue weighted by Gasteiger charge is 2.41. The fraction of sp³-hybridized carbons (Fsp3) is 0.219. The van der Waals surface area contributed by atoms with Crippen molar-refractivity contribution in [1.29, 1.82) is 0 Å². The van der Waals surface area contributed by atoms with Gasteiger partial charge >= 0.3 is 0 Å². The van der Waals surface area contributed by atoms with Crippen molar-refractivity contribution in [2.75, 3.05) is 41.5 Å². The number of methoxy groups -OCH3 is 3. The molecule has 7 heteroatoms. The van der Waals surface area contributed by atoms with Crippen molar-refractivity contribution in [2.45, 2.75) is 6.04 Å². The lowest BCUT2D eigenvalue weighted by molar-refractivity contribution is 0.344. The molecule has 198 valence electrons. The third kappa shape index (κ3) is 4.84. The highest BCUT2D eigenvalue weighted by Crippen LogP contribution is 2.49. The van der Waals surface area contributed by atoms with E-state index in [9.17, 15) is 0 Å². The zero-order valence-corrected chi connectivity index (χ0v) is 23.4. The topological polar surface area (TPSA) is 46.5 Å². The molecule has 39 heavy (non-hydrogen) atoms. The lowest BCUT2D eigenvalue weighted by atomic mass is 9.88. The second kappa shape index (κ2) is 10.7. The third-order valence-electron chi connectivity index (χ3n) is 7.30. The Bertz CT molecular complexity index is 1490. The van der Waals surface area contributed by atoms with E-state index in [0.717, 1.165) is 58.0 Å². The molecule has 0 amide bonds. The number of aliphatic imine (C=N–C) groups is 1. The molecule has 3 aromatic carbocycles. The molecule has 0 unspecified atom stereocenters. The number of nitrogens with zero attached hydrogens (tertiary/aromatic N) is 3. The zero-order chi connectivity index (χ0) is 26.9. The SMILES string of the molecule is COc1ccc(/C=C2\CN(C)CC3=C2N=C2SC=C(c4ccc(OC)cc4)N2[C@@H]3c2ccc(OC)cc2)cc1. The van der Waals surface area contributed by atoms with E-state index in [1.54, 1.807) is 33.1 Å². The molecule has 0 bridgehead atoms. The highest BCUT2D eigenvalue weighted by molar-refractivity contribution is 8.16. The van der Waals surface area contributed by atoms with Crippen molar-refractivity contribution in [3.8, 4) is 17.2 Å². The molecule has 0 aromatic heterocycles. The van der Waals surface area contributed by atoms with E-state index in [-0.39, 0.29) is 6.04 Å². The van der Waals surface area contributed by atoms with Crippen LogP contribution in [0.1, 0.15) is 22.7 Å². The van der Waals surface area contributed by atoms with Gasteiger partial charge in [0.1, 0.15) is 17.2 Å². The minimum Gasteiger partial charge on any atom is -0.497 e. The Kier molecular flexibility index (Phi) is 6.94. The molecule has 3 heterocycles. The zero-order valence-electron chi connectivity index (χ0n) is 22.5. The predicted molar refractivity (Wildman–Crippen MR) is 159 cm³/mol. The molecule has 0 saturated heterocycles. The van der Waals surface area contributed by atoms with Crippen LogP contribution < -0.4 is 14.2 Å². The van der Waals surface area contributed by atoms with Crippen molar-refractivity contribution in [1.82, 2.24) is 9.80 Å². The van der Waals surface area contributed by atoms with Gasteiger partial charge in [-0.2, -0.15) is 0 Å². The third-order valence-corrected chi connectivity index (χ3v) is 8.14. The summed E-state index contributed by atoms with van der Waals surface area (Å²) in [5, 5.41) is 3.21. The van der Waals surface area contributed by atoms with Gasteiger partial charge in [0.05, 0.1) is 38.8 Å². The normalized spacial score (nSPS) is 19.8. The van der Waals surface area contributed by atoms with Gasteiger partial charge in [0.2, 0.25) is 0 Å². The number of hydrogen-bond acceptors (Lipinski definition) is 7. The fourth-order valence-electron chi connectivity index (χ4n) is 5.38. The minimum absolute atomic E-state index is 0.00350. The molecule has 0 fully saturated rings. The molecule has 0 spiro atoms. The molecule has 3 aliphatic rings. The summed E-state index contributed by atoms with van der Waals surface area (Å²) in [5.41, 5.74) is 8.21. The summed E-state index contributed by atoms with van der Waals surface area (Å²) in [6.07, 6.45) is 2.26. The predicted octanol–water partition coefficient (Wildman–Crippen LogP) is 6.45. The summed E-state index contributed by atoms with van der Waals surface area (Å²) in [7, 11) is 7.26. The average molecular weight is 538 g/mol. The maximum atomic E-state index is 5.48. The molecule has 3 aliphatic heterocycles. The first-order chi connectivity index (χ1) is 19.1. The van der Waals surface area contributed by atoms with Crippen LogP contribution in [0.4, 0.5) is 0 Å². The van der Waals surface area contributed by atoms with Crippen molar-refractivity contribution in [3.63, 3.8) is 0 Å². The molecule has 6 nitrogen and oxygen atoms in total. The van der Waals surface area contributed by atoms with Gasteiger partial charge in [0.15, 0.2) is 5.17 Å². The van der Waals surface area contributed by atoms with Crippen LogP contribution in [0, 0.1) is 0 Å². The standard InChI is InChI=1S/C32H31N3O3S/c1-34-18-24(17-21-5-11-25(36-2)12-6-21)30-28(19-34)31(23-9-15-27(38-4)16-10-23)35-29(20-39-32(35)33-30)22-7-13-26(37-3)14-8-22/h5-17,20,31H,18-19H2,1-4H3/b24-17+/t31-/m1/s1. The van der Waals surface area contributed by atoms with E-state index < -0.39 is 0 Å². The van der Waals surface area contributed by atoms with Crippen LogP contribution in [0.25, 0.3) is 11.8 Å². The number of ether oxygens (including phenoxy) is 3. The van der Waals surface area contributed by atoms with E-state index in [4.69, 9.17) is 19.2 Å². The summed E-state index contributed by atoms with van der Waals surface area (Å²) < 4.78 is 16.2. The van der Waals surface area contributed by atoms with Gasteiger partial charge in [-0.05, 0) is 89.5 Å². The van der Waals surface area contributed by atoms with Crippen LogP contribution in [-0.4, -0.2) is 56.4 Å². The van der Waals surface area contributed by atoms with Crippen LogP contribution in [0.2, 0.25) is 0 Å². The van der Waals surface area contributed by atoms with Gasteiger partial charge in [0, 0.05) is 18.5 Å². The Morgan fingerprint density at radius 3 is 2.00 bits per heavy atom. The molecule has 0 saturated carbocycles. The Morgan fingerprint density at radius 2 is 1.38 bits per heavy atom. The molecule has 0 N–H and O–H groups in total. The monoisotopic (exact) mass is 537 g/mol. The maximum absolute atomic E-state index is 5.48.